The molecule has 4 nitrogen and oxygen atoms in total. The SMILES string of the molecule is C[C@@]1(NC=O)c2ccccc2[C@H](O)[C@@H]1O. The zero-order chi connectivity index (χ0) is 11.1. The first-order chi connectivity index (χ1) is 7.11. The number of aliphatic hydroxyl groups is 2. The Labute approximate surface area is 87.6 Å². The molecule has 0 fully saturated rings. The van der Waals surface area contributed by atoms with Crippen molar-refractivity contribution in [3.8, 4) is 0 Å². The zero-order valence-electron chi connectivity index (χ0n) is 8.34. The Balaban J connectivity index is 2.55. The fourth-order valence-corrected chi connectivity index (χ4v) is 2.16. The van der Waals surface area contributed by atoms with E-state index in [2.05, 4.69) is 5.32 Å². The summed E-state index contributed by atoms with van der Waals surface area (Å²) in [6.07, 6.45) is -1.42. The van der Waals surface area contributed by atoms with E-state index in [0.29, 0.717) is 12.0 Å². The minimum absolute atomic E-state index is 0.540. The van der Waals surface area contributed by atoms with Crippen LogP contribution in [-0.4, -0.2) is 22.7 Å². The lowest BCUT2D eigenvalue weighted by Crippen LogP contribution is -2.46. The third-order valence-corrected chi connectivity index (χ3v) is 3.09. The summed E-state index contributed by atoms with van der Waals surface area (Å²) in [6.45, 7) is 1.70. The number of carbonyl (C=O) groups excluding carboxylic acids is 1. The van der Waals surface area contributed by atoms with Gasteiger partial charge in [-0.3, -0.25) is 4.79 Å². The molecule has 1 aliphatic carbocycles. The van der Waals surface area contributed by atoms with Crippen molar-refractivity contribution in [2.24, 2.45) is 0 Å². The predicted molar refractivity (Wildman–Crippen MR) is 54.0 cm³/mol. The van der Waals surface area contributed by atoms with Crippen LogP contribution in [0.3, 0.4) is 0 Å². The Morgan fingerprint density at radius 1 is 1.40 bits per heavy atom. The summed E-state index contributed by atoms with van der Waals surface area (Å²) in [5.74, 6) is 0. The molecule has 80 valence electrons. The number of benzene rings is 1. The first-order valence-electron chi connectivity index (χ1n) is 4.78. The lowest BCUT2D eigenvalue weighted by atomic mass is 9.92. The molecular weight excluding hydrogens is 194 g/mol. The molecule has 3 N–H and O–H groups in total. The third-order valence-electron chi connectivity index (χ3n) is 3.09. The van der Waals surface area contributed by atoms with Crippen LogP contribution in [0.5, 0.6) is 0 Å². The highest BCUT2D eigenvalue weighted by molar-refractivity contribution is 5.53. The summed E-state index contributed by atoms with van der Waals surface area (Å²) < 4.78 is 0. The van der Waals surface area contributed by atoms with Gasteiger partial charge >= 0.3 is 0 Å². The second-order valence-electron chi connectivity index (χ2n) is 3.94. The van der Waals surface area contributed by atoms with Gasteiger partial charge in [0, 0.05) is 0 Å². The largest absolute Gasteiger partial charge is 0.387 e. The van der Waals surface area contributed by atoms with Crippen LogP contribution in [-0.2, 0) is 10.3 Å². The number of carbonyl (C=O) groups is 1. The van der Waals surface area contributed by atoms with Crippen molar-refractivity contribution in [1.82, 2.24) is 5.32 Å². The van der Waals surface area contributed by atoms with Crippen molar-refractivity contribution in [2.45, 2.75) is 24.7 Å². The van der Waals surface area contributed by atoms with Crippen LogP contribution in [0.15, 0.2) is 24.3 Å². The number of amides is 1. The van der Waals surface area contributed by atoms with E-state index in [-0.39, 0.29) is 0 Å². The number of nitrogens with one attached hydrogen (secondary N) is 1. The van der Waals surface area contributed by atoms with Gasteiger partial charge in [0.05, 0.1) is 5.54 Å². The second-order valence-corrected chi connectivity index (χ2v) is 3.94. The first-order valence-corrected chi connectivity index (χ1v) is 4.78. The molecule has 0 unspecified atom stereocenters. The van der Waals surface area contributed by atoms with Crippen LogP contribution < -0.4 is 5.32 Å². The second kappa shape index (κ2) is 3.32. The van der Waals surface area contributed by atoms with Crippen molar-refractivity contribution in [1.29, 1.82) is 0 Å². The van der Waals surface area contributed by atoms with Gasteiger partial charge in [-0.1, -0.05) is 24.3 Å². The highest BCUT2D eigenvalue weighted by Crippen LogP contribution is 2.42. The third kappa shape index (κ3) is 1.26. The van der Waals surface area contributed by atoms with Gasteiger partial charge in [-0.2, -0.15) is 0 Å². The highest BCUT2D eigenvalue weighted by Gasteiger charge is 2.47. The van der Waals surface area contributed by atoms with Crippen molar-refractivity contribution < 1.29 is 15.0 Å². The highest BCUT2D eigenvalue weighted by atomic mass is 16.3. The van der Waals surface area contributed by atoms with E-state index in [0.717, 1.165) is 5.56 Å². The molecule has 0 heterocycles. The Morgan fingerprint density at radius 2 is 2.07 bits per heavy atom. The van der Waals surface area contributed by atoms with E-state index >= 15 is 0 Å². The molecule has 0 aromatic heterocycles. The number of aliphatic hydroxyl groups excluding tert-OH is 2. The Kier molecular flexibility index (Phi) is 2.25. The summed E-state index contributed by atoms with van der Waals surface area (Å²) in [6, 6.07) is 7.15. The summed E-state index contributed by atoms with van der Waals surface area (Å²) in [5.41, 5.74) is 0.525. The standard InChI is InChI=1S/C11H13NO3/c1-11(12-6-13)8-5-3-2-4-7(8)9(14)10(11)15/h2-6,9-10,14-15H,1H3,(H,12,13)/t9-,10-,11+/m0/s1. The van der Waals surface area contributed by atoms with Gasteiger partial charge < -0.3 is 15.5 Å². The van der Waals surface area contributed by atoms with Crippen LogP contribution in [0.25, 0.3) is 0 Å². The number of hydrogen-bond donors (Lipinski definition) is 3. The van der Waals surface area contributed by atoms with Crippen LogP contribution >= 0.6 is 0 Å². The fourth-order valence-electron chi connectivity index (χ4n) is 2.16. The van der Waals surface area contributed by atoms with Gasteiger partial charge in [0.25, 0.3) is 0 Å². The number of fused-ring (bicyclic) bond motifs is 1. The van der Waals surface area contributed by atoms with Crippen LogP contribution in [0.1, 0.15) is 24.2 Å². The first kappa shape index (κ1) is 10.1. The molecule has 1 aromatic carbocycles. The maximum absolute atomic E-state index is 10.5. The Bertz CT molecular complexity index is 393. The van der Waals surface area contributed by atoms with E-state index < -0.39 is 17.7 Å². The van der Waals surface area contributed by atoms with Crippen molar-refractivity contribution in [2.75, 3.05) is 0 Å². The molecular formula is C11H13NO3. The molecule has 0 spiro atoms. The lowest BCUT2D eigenvalue weighted by Gasteiger charge is -2.29. The van der Waals surface area contributed by atoms with Crippen LogP contribution in [0, 0.1) is 0 Å². The van der Waals surface area contributed by atoms with Crippen molar-refractivity contribution in [3.63, 3.8) is 0 Å². The van der Waals surface area contributed by atoms with E-state index in [1.165, 1.54) is 0 Å². The molecule has 0 saturated heterocycles. The lowest BCUT2D eigenvalue weighted by molar-refractivity contribution is -0.113. The summed E-state index contributed by atoms with van der Waals surface area (Å²) in [4.78, 5) is 10.5. The maximum Gasteiger partial charge on any atom is 0.207 e. The average molecular weight is 207 g/mol. The van der Waals surface area contributed by atoms with Gasteiger partial charge in [-0.25, -0.2) is 0 Å². The van der Waals surface area contributed by atoms with E-state index in [1.54, 1.807) is 25.1 Å². The molecule has 1 aromatic rings. The molecule has 4 heteroatoms. The molecule has 1 amide bonds. The van der Waals surface area contributed by atoms with Crippen molar-refractivity contribution in [3.05, 3.63) is 35.4 Å². The number of hydrogen-bond acceptors (Lipinski definition) is 3. The van der Waals surface area contributed by atoms with Gasteiger partial charge in [-0.15, -0.1) is 0 Å². The average Bonchev–Trinajstić information content (AvgIpc) is 2.43. The predicted octanol–water partition coefficient (Wildman–Crippen LogP) is 0.0557. The Morgan fingerprint density at radius 3 is 2.73 bits per heavy atom. The van der Waals surface area contributed by atoms with Crippen molar-refractivity contribution >= 4 is 6.41 Å². The van der Waals surface area contributed by atoms with Crippen LogP contribution in [0.4, 0.5) is 0 Å². The summed E-state index contributed by atoms with van der Waals surface area (Å²) in [5, 5.41) is 22.3. The van der Waals surface area contributed by atoms with E-state index in [4.69, 9.17) is 0 Å². The normalized spacial score (nSPS) is 33.5. The topological polar surface area (TPSA) is 69.6 Å². The molecule has 0 saturated carbocycles. The van der Waals surface area contributed by atoms with E-state index in [1.807, 2.05) is 6.07 Å². The summed E-state index contributed by atoms with van der Waals surface area (Å²) >= 11 is 0. The minimum Gasteiger partial charge on any atom is -0.387 e. The molecule has 0 aliphatic heterocycles. The van der Waals surface area contributed by atoms with E-state index in [9.17, 15) is 15.0 Å². The molecule has 0 radical (unpaired) electrons. The summed E-state index contributed by atoms with van der Waals surface area (Å²) in [7, 11) is 0. The molecule has 1 aliphatic rings. The smallest absolute Gasteiger partial charge is 0.207 e. The molecule has 2 rings (SSSR count). The van der Waals surface area contributed by atoms with Gasteiger partial charge in [0.1, 0.15) is 12.2 Å². The van der Waals surface area contributed by atoms with Gasteiger partial charge in [-0.05, 0) is 18.1 Å². The Hall–Kier alpha value is -1.39. The monoisotopic (exact) mass is 207 g/mol. The quantitative estimate of drug-likeness (QED) is 0.600. The molecule has 3 atom stereocenters. The number of rotatable bonds is 2. The van der Waals surface area contributed by atoms with Gasteiger partial charge in [0.15, 0.2) is 0 Å². The molecule has 0 bridgehead atoms. The minimum atomic E-state index is -1.01. The van der Waals surface area contributed by atoms with Crippen LogP contribution in [0.2, 0.25) is 0 Å². The van der Waals surface area contributed by atoms with Gasteiger partial charge in [0.2, 0.25) is 6.41 Å². The molecule has 15 heavy (non-hydrogen) atoms. The zero-order valence-corrected chi connectivity index (χ0v) is 8.34. The fraction of sp³-hybridized carbons (Fsp3) is 0.364. The maximum atomic E-state index is 10.5.